The molecular formula is C13H17N3O2. The average molecular weight is 247 g/mol. The predicted molar refractivity (Wildman–Crippen MR) is 69.5 cm³/mol. The Kier molecular flexibility index (Phi) is 3.23. The van der Waals surface area contributed by atoms with Gasteiger partial charge in [0, 0.05) is 5.69 Å². The van der Waals surface area contributed by atoms with Gasteiger partial charge in [-0.05, 0) is 37.0 Å². The molecule has 1 aliphatic rings. The summed E-state index contributed by atoms with van der Waals surface area (Å²) in [6.45, 7) is 2.07. The van der Waals surface area contributed by atoms with E-state index in [9.17, 15) is 4.79 Å². The normalized spacial score (nSPS) is 17.3. The van der Waals surface area contributed by atoms with E-state index < -0.39 is 5.41 Å². The molecule has 1 amide bonds. The van der Waals surface area contributed by atoms with E-state index in [0.29, 0.717) is 12.8 Å². The summed E-state index contributed by atoms with van der Waals surface area (Å²) in [5, 5.41) is 14.4. The van der Waals surface area contributed by atoms with Gasteiger partial charge in [0.25, 0.3) is 0 Å². The van der Waals surface area contributed by atoms with Crippen molar-refractivity contribution in [2.45, 2.75) is 26.2 Å². The van der Waals surface area contributed by atoms with Crippen LogP contribution in [-0.2, 0) is 11.2 Å². The SMILES string of the molecule is CCc1ccc(NC(=O)C2(/C(N)=N/O)CC2)cc1. The number of aryl methyl sites for hydroxylation is 1. The molecule has 0 spiro atoms. The maximum absolute atomic E-state index is 12.1. The topological polar surface area (TPSA) is 87.7 Å². The molecule has 2 rings (SSSR count). The molecule has 96 valence electrons. The number of benzene rings is 1. The van der Waals surface area contributed by atoms with E-state index in [4.69, 9.17) is 10.9 Å². The molecule has 0 radical (unpaired) electrons. The van der Waals surface area contributed by atoms with E-state index in [1.54, 1.807) is 0 Å². The number of amides is 1. The van der Waals surface area contributed by atoms with Gasteiger partial charge in [0.2, 0.25) is 5.91 Å². The molecule has 18 heavy (non-hydrogen) atoms. The smallest absolute Gasteiger partial charge is 0.238 e. The van der Waals surface area contributed by atoms with Gasteiger partial charge in [-0.25, -0.2) is 0 Å². The third-order valence-electron chi connectivity index (χ3n) is 3.40. The van der Waals surface area contributed by atoms with Gasteiger partial charge in [-0.2, -0.15) is 0 Å². The molecule has 0 atom stereocenters. The van der Waals surface area contributed by atoms with Crippen LogP contribution in [0.4, 0.5) is 5.69 Å². The Morgan fingerprint density at radius 3 is 2.50 bits per heavy atom. The van der Waals surface area contributed by atoms with Crippen LogP contribution in [-0.4, -0.2) is 17.0 Å². The van der Waals surface area contributed by atoms with Gasteiger partial charge in [-0.1, -0.05) is 24.2 Å². The van der Waals surface area contributed by atoms with Crippen LogP contribution < -0.4 is 11.1 Å². The Morgan fingerprint density at radius 1 is 1.44 bits per heavy atom. The first-order chi connectivity index (χ1) is 8.62. The lowest BCUT2D eigenvalue weighted by Crippen LogP contribution is -2.36. The highest BCUT2D eigenvalue weighted by molar-refractivity contribution is 6.14. The molecular weight excluding hydrogens is 230 g/mol. The number of carbonyl (C=O) groups is 1. The molecule has 1 aromatic carbocycles. The molecule has 0 bridgehead atoms. The molecule has 0 heterocycles. The number of anilines is 1. The lowest BCUT2D eigenvalue weighted by atomic mass is 10.0. The zero-order valence-electron chi connectivity index (χ0n) is 10.3. The van der Waals surface area contributed by atoms with Gasteiger partial charge in [0.05, 0.1) is 0 Å². The molecule has 0 saturated heterocycles. The first-order valence-corrected chi connectivity index (χ1v) is 6.01. The van der Waals surface area contributed by atoms with Crippen molar-refractivity contribution in [2.75, 3.05) is 5.32 Å². The van der Waals surface area contributed by atoms with Gasteiger partial charge < -0.3 is 16.3 Å². The Balaban J connectivity index is 2.07. The van der Waals surface area contributed by atoms with Crippen LogP contribution >= 0.6 is 0 Å². The van der Waals surface area contributed by atoms with Crippen molar-refractivity contribution >= 4 is 17.4 Å². The number of carbonyl (C=O) groups excluding carboxylic acids is 1. The molecule has 0 aliphatic heterocycles. The maximum Gasteiger partial charge on any atom is 0.238 e. The molecule has 1 saturated carbocycles. The van der Waals surface area contributed by atoms with Crippen molar-refractivity contribution in [3.63, 3.8) is 0 Å². The van der Waals surface area contributed by atoms with Gasteiger partial charge in [-0.3, -0.25) is 4.79 Å². The summed E-state index contributed by atoms with van der Waals surface area (Å²) in [5.74, 6) is -0.216. The minimum absolute atomic E-state index is 0.00909. The quantitative estimate of drug-likeness (QED) is 0.327. The molecule has 1 aromatic rings. The summed E-state index contributed by atoms with van der Waals surface area (Å²) in [5.41, 5.74) is 6.69. The zero-order valence-corrected chi connectivity index (χ0v) is 10.3. The molecule has 4 N–H and O–H groups in total. The highest BCUT2D eigenvalue weighted by atomic mass is 16.4. The van der Waals surface area contributed by atoms with Crippen LogP contribution in [0.25, 0.3) is 0 Å². The fourth-order valence-corrected chi connectivity index (χ4v) is 1.89. The van der Waals surface area contributed by atoms with Crippen molar-refractivity contribution in [2.24, 2.45) is 16.3 Å². The van der Waals surface area contributed by atoms with E-state index >= 15 is 0 Å². The maximum atomic E-state index is 12.1. The number of nitrogens with two attached hydrogens (primary N) is 1. The summed E-state index contributed by atoms with van der Waals surface area (Å²) in [4.78, 5) is 12.1. The highest BCUT2D eigenvalue weighted by Gasteiger charge is 2.54. The van der Waals surface area contributed by atoms with Gasteiger partial charge >= 0.3 is 0 Å². The van der Waals surface area contributed by atoms with Crippen LogP contribution in [0, 0.1) is 5.41 Å². The third kappa shape index (κ3) is 2.16. The molecule has 0 aromatic heterocycles. The Labute approximate surface area is 106 Å². The minimum Gasteiger partial charge on any atom is -0.409 e. The van der Waals surface area contributed by atoms with E-state index in [1.807, 2.05) is 24.3 Å². The second-order valence-corrected chi connectivity index (χ2v) is 4.57. The first kappa shape index (κ1) is 12.4. The fraction of sp³-hybridized carbons (Fsp3) is 0.385. The van der Waals surface area contributed by atoms with E-state index in [2.05, 4.69) is 17.4 Å². The standard InChI is InChI=1S/C13H17N3O2/c1-2-9-3-5-10(6-4-9)15-12(17)13(7-8-13)11(14)16-18/h3-6,18H,2,7-8H2,1H3,(H2,14,16)(H,15,17). The van der Waals surface area contributed by atoms with Gasteiger partial charge in [0.1, 0.15) is 5.41 Å². The third-order valence-corrected chi connectivity index (χ3v) is 3.40. The Hall–Kier alpha value is -2.04. The number of rotatable bonds is 4. The predicted octanol–water partition coefficient (Wildman–Crippen LogP) is 1.71. The molecule has 1 aliphatic carbocycles. The first-order valence-electron chi connectivity index (χ1n) is 6.01. The fourth-order valence-electron chi connectivity index (χ4n) is 1.89. The number of nitrogens with zero attached hydrogens (tertiary/aromatic N) is 1. The summed E-state index contributed by atoms with van der Waals surface area (Å²) in [6, 6.07) is 7.66. The van der Waals surface area contributed by atoms with E-state index in [1.165, 1.54) is 5.56 Å². The largest absolute Gasteiger partial charge is 0.409 e. The van der Waals surface area contributed by atoms with Gasteiger partial charge in [0.15, 0.2) is 5.84 Å². The Bertz CT molecular complexity index is 476. The van der Waals surface area contributed by atoms with Crippen LogP contribution in [0.2, 0.25) is 0 Å². The van der Waals surface area contributed by atoms with Crippen molar-refractivity contribution < 1.29 is 10.0 Å². The summed E-state index contributed by atoms with van der Waals surface area (Å²) in [6.07, 6.45) is 2.21. The van der Waals surface area contributed by atoms with Gasteiger partial charge in [-0.15, -0.1) is 0 Å². The van der Waals surface area contributed by atoms with E-state index in [-0.39, 0.29) is 11.7 Å². The number of oxime groups is 1. The van der Waals surface area contributed by atoms with E-state index in [0.717, 1.165) is 12.1 Å². The van der Waals surface area contributed by atoms with Crippen LogP contribution in [0.1, 0.15) is 25.3 Å². The van der Waals surface area contributed by atoms with Crippen LogP contribution in [0.15, 0.2) is 29.4 Å². The van der Waals surface area contributed by atoms with Crippen LogP contribution in [0.3, 0.4) is 0 Å². The molecule has 0 unspecified atom stereocenters. The molecule has 1 fully saturated rings. The lowest BCUT2D eigenvalue weighted by molar-refractivity contribution is -0.119. The van der Waals surface area contributed by atoms with Crippen molar-refractivity contribution in [3.8, 4) is 0 Å². The van der Waals surface area contributed by atoms with Crippen molar-refractivity contribution in [3.05, 3.63) is 29.8 Å². The second-order valence-electron chi connectivity index (χ2n) is 4.57. The Morgan fingerprint density at radius 2 is 2.06 bits per heavy atom. The number of hydrogen-bond donors (Lipinski definition) is 3. The average Bonchev–Trinajstić information content (AvgIpc) is 3.20. The molecule has 5 heteroatoms. The summed E-state index contributed by atoms with van der Waals surface area (Å²) >= 11 is 0. The number of nitrogens with one attached hydrogen (secondary N) is 1. The summed E-state index contributed by atoms with van der Waals surface area (Å²) < 4.78 is 0. The monoisotopic (exact) mass is 247 g/mol. The zero-order chi connectivity index (χ0) is 13.2. The second kappa shape index (κ2) is 4.68. The number of hydrogen-bond acceptors (Lipinski definition) is 3. The van der Waals surface area contributed by atoms with Crippen molar-refractivity contribution in [1.29, 1.82) is 0 Å². The number of amidine groups is 1. The van der Waals surface area contributed by atoms with Crippen molar-refractivity contribution in [1.82, 2.24) is 0 Å². The lowest BCUT2D eigenvalue weighted by Gasteiger charge is -2.13. The summed E-state index contributed by atoms with van der Waals surface area (Å²) in [7, 11) is 0. The minimum atomic E-state index is -0.807. The molecule has 5 nitrogen and oxygen atoms in total. The highest BCUT2D eigenvalue weighted by Crippen LogP contribution is 2.46. The van der Waals surface area contributed by atoms with Crippen LogP contribution in [0.5, 0.6) is 0 Å².